The number of hydrogen-bond acceptors (Lipinski definition) is 3. The lowest BCUT2D eigenvalue weighted by molar-refractivity contribution is 0.471. The van der Waals surface area contributed by atoms with Gasteiger partial charge in [-0.25, -0.2) is 9.37 Å². The molecule has 0 fully saturated rings. The number of rotatable bonds is 4. The highest BCUT2D eigenvalue weighted by molar-refractivity contribution is 6.44. The highest BCUT2D eigenvalue weighted by atomic mass is 35.5. The average molecular weight is 462 g/mol. The van der Waals surface area contributed by atoms with Crippen LogP contribution in [0.3, 0.4) is 0 Å². The minimum absolute atomic E-state index is 0.0363. The Bertz CT molecular complexity index is 1250. The van der Waals surface area contributed by atoms with Gasteiger partial charge in [0.1, 0.15) is 17.1 Å². The van der Waals surface area contributed by atoms with Gasteiger partial charge >= 0.3 is 0 Å². The van der Waals surface area contributed by atoms with Gasteiger partial charge in [0.25, 0.3) is 0 Å². The first-order valence-electron chi connectivity index (χ1n) is 9.09. The van der Waals surface area contributed by atoms with Crippen molar-refractivity contribution in [3.8, 4) is 5.75 Å². The van der Waals surface area contributed by atoms with Crippen molar-refractivity contribution >= 4 is 51.4 Å². The minimum Gasteiger partial charge on any atom is -0.505 e. The molecule has 1 aromatic heterocycles. The van der Waals surface area contributed by atoms with E-state index in [9.17, 15) is 9.50 Å². The van der Waals surface area contributed by atoms with E-state index in [2.05, 4.69) is 10.3 Å². The van der Waals surface area contributed by atoms with Crippen LogP contribution in [-0.2, 0) is 0 Å². The molecule has 0 aliphatic rings. The quantitative estimate of drug-likeness (QED) is 0.308. The molecule has 0 saturated carbocycles. The van der Waals surface area contributed by atoms with Gasteiger partial charge in [0, 0.05) is 16.6 Å². The maximum Gasteiger partial charge on any atom is 0.147 e. The Morgan fingerprint density at radius 1 is 0.900 bits per heavy atom. The molecule has 0 amide bonds. The molecule has 0 spiro atoms. The molecule has 0 bridgehead atoms. The van der Waals surface area contributed by atoms with Crippen LogP contribution in [0.25, 0.3) is 10.9 Å². The largest absolute Gasteiger partial charge is 0.505 e. The van der Waals surface area contributed by atoms with E-state index in [0.717, 1.165) is 16.6 Å². The highest BCUT2D eigenvalue weighted by Crippen LogP contribution is 2.39. The molecule has 1 heterocycles. The van der Waals surface area contributed by atoms with Crippen molar-refractivity contribution in [2.45, 2.75) is 13.0 Å². The van der Waals surface area contributed by atoms with Gasteiger partial charge in [-0.2, -0.15) is 0 Å². The molecule has 30 heavy (non-hydrogen) atoms. The maximum atomic E-state index is 13.5. The summed E-state index contributed by atoms with van der Waals surface area (Å²) in [6, 6.07) is 16.1. The molecule has 1 unspecified atom stereocenters. The molecular formula is C23H16Cl3FN2O. The topological polar surface area (TPSA) is 45.1 Å². The first-order chi connectivity index (χ1) is 14.3. The van der Waals surface area contributed by atoms with Gasteiger partial charge in [0.05, 0.1) is 26.8 Å². The van der Waals surface area contributed by atoms with Crippen LogP contribution in [0.5, 0.6) is 5.75 Å². The van der Waals surface area contributed by atoms with Gasteiger partial charge in [-0.05, 0) is 42.8 Å². The molecule has 2 N–H and O–H groups in total. The predicted octanol–water partition coefficient (Wildman–Crippen LogP) is 7.55. The van der Waals surface area contributed by atoms with E-state index in [1.165, 1.54) is 12.1 Å². The first-order valence-corrected chi connectivity index (χ1v) is 10.2. The van der Waals surface area contributed by atoms with Gasteiger partial charge in [-0.15, -0.1) is 0 Å². The van der Waals surface area contributed by atoms with Crippen LogP contribution >= 0.6 is 34.8 Å². The number of nitrogens with one attached hydrogen (secondary N) is 1. The zero-order valence-corrected chi connectivity index (χ0v) is 18.0. The zero-order valence-electron chi connectivity index (χ0n) is 15.8. The Morgan fingerprint density at radius 3 is 2.30 bits per heavy atom. The summed E-state index contributed by atoms with van der Waals surface area (Å²) in [5.74, 6) is -0.320. The second kappa shape index (κ2) is 8.31. The molecule has 3 nitrogen and oxygen atoms in total. The number of phenolic OH excluding ortho intramolecular Hbond substituents is 1. The monoisotopic (exact) mass is 460 g/mol. The zero-order chi connectivity index (χ0) is 21.4. The number of aromatic hydroxyl groups is 1. The van der Waals surface area contributed by atoms with Crippen LogP contribution in [0.1, 0.15) is 22.9 Å². The normalized spacial score (nSPS) is 12.2. The van der Waals surface area contributed by atoms with Crippen LogP contribution < -0.4 is 5.32 Å². The van der Waals surface area contributed by atoms with E-state index in [0.29, 0.717) is 31.8 Å². The van der Waals surface area contributed by atoms with E-state index >= 15 is 0 Å². The summed E-state index contributed by atoms with van der Waals surface area (Å²) in [6.07, 6.45) is 0. The fourth-order valence-corrected chi connectivity index (χ4v) is 3.91. The van der Waals surface area contributed by atoms with Gasteiger partial charge < -0.3 is 10.4 Å². The fraction of sp³-hybridized carbons (Fsp3) is 0.0870. The minimum atomic E-state index is -0.549. The van der Waals surface area contributed by atoms with Crippen molar-refractivity contribution in [2.24, 2.45) is 0 Å². The third-order valence-corrected chi connectivity index (χ3v) is 5.86. The van der Waals surface area contributed by atoms with Crippen LogP contribution in [-0.4, -0.2) is 10.1 Å². The summed E-state index contributed by atoms with van der Waals surface area (Å²) >= 11 is 18.6. The Labute approximate surface area is 188 Å². The molecule has 1 atom stereocenters. The van der Waals surface area contributed by atoms with Gasteiger partial charge in [-0.1, -0.05) is 65.1 Å². The van der Waals surface area contributed by atoms with E-state index in [1.807, 2.05) is 25.1 Å². The Morgan fingerprint density at radius 2 is 1.57 bits per heavy atom. The Balaban J connectivity index is 1.88. The molecule has 0 saturated heterocycles. The summed E-state index contributed by atoms with van der Waals surface area (Å²) in [7, 11) is 0. The van der Waals surface area contributed by atoms with Crippen LogP contribution in [0.2, 0.25) is 15.1 Å². The third kappa shape index (κ3) is 4.04. The first kappa shape index (κ1) is 20.7. The SMILES string of the molecule is Cc1ccc2ccc(C(Nc3cc(Cl)c(Cl)cc3Cl)c3ccc(F)cc3)c(O)c2n1. The van der Waals surface area contributed by atoms with Crippen molar-refractivity contribution in [3.05, 3.63) is 98.4 Å². The molecular weight excluding hydrogens is 446 g/mol. The Kier molecular flexibility index (Phi) is 5.74. The van der Waals surface area contributed by atoms with Crippen molar-refractivity contribution in [1.82, 2.24) is 4.98 Å². The fourth-order valence-electron chi connectivity index (χ4n) is 3.30. The smallest absolute Gasteiger partial charge is 0.147 e. The summed E-state index contributed by atoms with van der Waals surface area (Å²) in [5, 5.41) is 16.2. The number of halogens is 4. The number of aryl methyl sites for hydroxylation is 1. The van der Waals surface area contributed by atoms with Crippen LogP contribution in [0, 0.1) is 12.7 Å². The standard InChI is InChI=1S/C23H16Cl3FN2O/c1-12-2-3-14-6-9-16(23(30)22(14)28-12)21(13-4-7-15(27)8-5-13)29-20-11-18(25)17(24)10-19(20)26/h2-11,21,29-30H,1H3. The van der Waals surface area contributed by atoms with E-state index in [-0.39, 0.29) is 11.6 Å². The number of phenols is 1. The highest BCUT2D eigenvalue weighted by Gasteiger charge is 2.21. The lowest BCUT2D eigenvalue weighted by atomic mass is 9.95. The number of anilines is 1. The number of aromatic nitrogens is 1. The number of pyridine rings is 1. The van der Waals surface area contributed by atoms with Crippen molar-refractivity contribution < 1.29 is 9.50 Å². The molecule has 7 heteroatoms. The van der Waals surface area contributed by atoms with Gasteiger partial charge in [-0.3, -0.25) is 0 Å². The second-order valence-electron chi connectivity index (χ2n) is 6.90. The molecule has 4 aromatic rings. The second-order valence-corrected chi connectivity index (χ2v) is 8.12. The third-order valence-electron chi connectivity index (χ3n) is 4.83. The van der Waals surface area contributed by atoms with Crippen molar-refractivity contribution in [1.29, 1.82) is 0 Å². The molecule has 4 rings (SSSR count). The molecule has 0 radical (unpaired) electrons. The molecule has 0 aliphatic carbocycles. The summed E-state index contributed by atoms with van der Waals surface area (Å²) < 4.78 is 13.5. The maximum absolute atomic E-state index is 13.5. The van der Waals surface area contributed by atoms with Crippen LogP contribution in [0.4, 0.5) is 10.1 Å². The summed E-state index contributed by atoms with van der Waals surface area (Å²) in [4.78, 5) is 4.47. The number of benzene rings is 3. The van der Waals surface area contributed by atoms with E-state index < -0.39 is 6.04 Å². The molecule has 0 aliphatic heterocycles. The molecule has 3 aromatic carbocycles. The average Bonchev–Trinajstić information content (AvgIpc) is 2.72. The van der Waals surface area contributed by atoms with E-state index in [1.54, 1.807) is 30.3 Å². The van der Waals surface area contributed by atoms with Crippen molar-refractivity contribution in [2.75, 3.05) is 5.32 Å². The summed E-state index contributed by atoms with van der Waals surface area (Å²) in [5.41, 5.74) is 3.09. The van der Waals surface area contributed by atoms with Gasteiger partial charge in [0.2, 0.25) is 0 Å². The molecule has 152 valence electrons. The van der Waals surface area contributed by atoms with E-state index in [4.69, 9.17) is 34.8 Å². The number of nitrogens with zero attached hydrogens (tertiary/aromatic N) is 1. The van der Waals surface area contributed by atoms with Crippen molar-refractivity contribution in [3.63, 3.8) is 0 Å². The lowest BCUT2D eigenvalue weighted by Crippen LogP contribution is -2.13. The predicted molar refractivity (Wildman–Crippen MR) is 121 cm³/mol. The van der Waals surface area contributed by atoms with Gasteiger partial charge in [0.15, 0.2) is 0 Å². The number of hydrogen-bond donors (Lipinski definition) is 2. The summed E-state index contributed by atoms with van der Waals surface area (Å²) in [6.45, 7) is 1.86. The van der Waals surface area contributed by atoms with Crippen LogP contribution in [0.15, 0.2) is 60.7 Å². The Hall–Kier alpha value is -2.53. The lowest BCUT2D eigenvalue weighted by Gasteiger charge is -2.23. The number of fused-ring (bicyclic) bond motifs is 1.